The first-order chi connectivity index (χ1) is 7.08. The van der Waals surface area contributed by atoms with Crippen LogP contribution in [0.5, 0.6) is 0 Å². The molecule has 3 N–H and O–H groups in total. The average molecular weight is 337 g/mol. The minimum absolute atomic E-state index is 0.490. The Morgan fingerprint density at radius 2 is 2.27 bits per heavy atom. The predicted molar refractivity (Wildman–Crippen MR) is 67.7 cm³/mol. The van der Waals surface area contributed by atoms with Gasteiger partial charge in [-0.1, -0.05) is 11.6 Å². The number of hydrogen-bond donors (Lipinski definition) is 3. The van der Waals surface area contributed by atoms with Crippen molar-refractivity contribution in [3.63, 3.8) is 0 Å². The Morgan fingerprint density at radius 1 is 1.53 bits per heavy atom. The number of aromatic nitrogens is 1. The number of aromatic amines is 1. The molecule has 0 atom stereocenters. The van der Waals surface area contributed by atoms with E-state index in [0.29, 0.717) is 10.7 Å². The van der Waals surface area contributed by atoms with E-state index < -0.39 is 6.09 Å². The molecule has 15 heavy (non-hydrogen) atoms. The fourth-order valence-corrected chi connectivity index (χ4v) is 2.36. The fraction of sp³-hybridized carbons (Fsp3) is 0. The van der Waals surface area contributed by atoms with Crippen LogP contribution in [-0.2, 0) is 0 Å². The number of amides is 1. The molecule has 0 aliphatic rings. The van der Waals surface area contributed by atoms with Crippen molar-refractivity contribution in [1.29, 1.82) is 0 Å². The number of hydrogen-bond acceptors (Lipinski definition) is 1. The Hall–Kier alpha value is -0.950. The van der Waals surface area contributed by atoms with Crippen LogP contribution in [0.2, 0.25) is 5.02 Å². The lowest BCUT2D eigenvalue weighted by Crippen LogP contribution is -2.07. The summed E-state index contributed by atoms with van der Waals surface area (Å²) in [6.45, 7) is 0. The van der Waals surface area contributed by atoms with Crippen molar-refractivity contribution < 1.29 is 9.90 Å². The summed E-state index contributed by atoms with van der Waals surface area (Å²) in [5, 5.41) is 12.3. The Balaban J connectivity index is 2.68. The average Bonchev–Trinajstić information content (AvgIpc) is 2.46. The standard InChI is InChI=1S/C9H6ClIN2O2/c10-4-1-6-8(5(11)3-12-6)7(2-4)13-9(14)15/h1-3,12-13H,(H,14,15). The molecular formula is C9H6ClIN2O2. The minimum atomic E-state index is -1.10. The molecule has 0 aliphatic heterocycles. The van der Waals surface area contributed by atoms with Gasteiger partial charge < -0.3 is 10.1 Å². The number of rotatable bonds is 1. The second-order valence-electron chi connectivity index (χ2n) is 2.94. The maximum atomic E-state index is 10.6. The van der Waals surface area contributed by atoms with Gasteiger partial charge in [-0.25, -0.2) is 4.79 Å². The highest BCUT2D eigenvalue weighted by molar-refractivity contribution is 14.1. The summed E-state index contributed by atoms with van der Waals surface area (Å²) in [4.78, 5) is 13.6. The number of H-pyrrole nitrogens is 1. The molecule has 78 valence electrons. The molecule has 1 aromatic carbocycles. The number of carbonyl (C=O) groups is 1. The summed E-state index contributed by atoms with van der Waals surface area (Å²) in [7, 11) is 0. The summed E-state index contributed by atoms with van der Waals surface area (Å²) < 4.78 is 0.947. The molecule has 0 saturated heterocycles. The van der Waals surface area contributed by atoms with Gasteiger partial charge in [-0.3, -0.25) is 5.32 Å². The zero-order valence-electron chi connectivity index (χ0n) is 7.34. The lowest BCUT2D eigenvalue weighted by atomic mass is 10.2. The molecule has 6 heteroatoms. The van der Waals surface area contributed by atoms with Gasteiger partial charge in [0.2, 0.25) is 0 Å². The van der Waals surface area contributed by atoms with E-state index in [2.05, 4.69) is 32.9 Å². The quantitative estimate of drug-likeness (QED) is 0.698. The van der Waals surface area contributed by atoms with Gasteiger partial charge in [-0.05, 0) is 34.7 Å². The highest BCUT2D eigenvalue weighted by atomic mass is 127. The van der Waals surface area contributed by atoms with Gasteiger partial charge in [-0.2, -0.15) is 0 Å². The molecule has 2 rings (SSSR count). The van der Waals surface area contributed by atoms with Crippen LogP contribution in [0.15, 0.2) is 18.3 Å². The topological polar surface area (TPSA) is 65.1 Å². The zero-order chi connectivity index (χ0) is 11.0. The smallest absolute Gasteiger partial charge is 0.409 e. The third-order valence-corrected chi connectivity index (χ3v) is 3.01. The Morgan fingerprint density at radius 3 is 2.93 bits per heavy atom. The first kappa shape index (κ1) is 10.6. The first-order valence-corrected chi connectivity index (χ1v) is 5.49. The van der Waals surface area contributed by atoms with Crippen LogP contribution < -0.4 is 5.32 Å². The number of fused-ring (bicyclic) bond motifs is 1. The lowest BCUT2D eigenvalue weighted by Gasteiger charge is -2.04. The Bertz CT molecular complexity index is 538. The molecule has 0 saturated carbocycles. The third-order valence-electron chi connectivity index (χ3n) is 1.94. The SMILES string of the molecule is O=C(O)Nc1cc(Cl)cc2[nH]cc(I)c12. The van der Waals surface area contributed by atoms with Crippen LogP contribution in [0, 0.1) is 3.57 Å². The van der Waals surface area contributed by atoms with Crippen molar-refractivity contribution >= 4 is 56.9 Å². The largest absolute Gasteiger partial charge is 0.465 e. The van der Waals surface area contributed by atoms with Crippen LogP contribution >= 0.6 is 34.2 Å². The van der Waals surface area contributed by atoms with Gasteiger partial charge in [0.05, 0.1) is 11.2 Å². The monoisotopic (exact) mass is 336 g/mol. The molecule has 1 heterocycles. The van der Waals surface area contributed by atoms with Crippen LogP contribution in [-0.4, -0.2) is 16.2 Å². The van der Waals surface area contributed by atoms with E-state index in [0.717, 1.165) is 14.5 Å². The molecule has 1 aromatic heterocycles. The lowest BCUT2D eigenvalue weighted by molar-refractivity contribution is 0.210. The van der Waals surface area contributed by atoms with Gasteiger partial charge in [-0.15, -0.1) is 0 Å². The van der Waals surface area contributed by atoms with E-state index in [-0.39, 0.29) is 0 Å². The maximum Gasteiger partial charge on any atom is 0.409 e. The van der Waals surface area contributed by atoms with Gasteiger partial charge in [0.1, 0.15) is 0 Å². The van der Waals surface area contributed by atoms with Gasteiger partial charge in [0.25, 0.3) is 0 Å². The number of benzene rings is 1. The Labute approximate surface area is 104 Å². The molecule has 0 aliphatic carbocycles. The molecule has 4 nitrogen and oxygen atoms in total. The van der Waals surface area contributed by atoms with E-state index in [4.69, 9.17) is 16.7 Å². The summed E-state index contributed by atoms with van der Waals surface area (Å²) in [6, 6.07) is 3.35. The van der Waals surface area contributed by atoms with E-state index in [1.54, 1.807) is 18.3 Å². The second kappa shape index (κ2) is 3.90. The van der Waals surface area contributed by atoms with Crippen molar-refractivity contribution in [2.45, 2.75) is 0 Å². The zero-order valence-corrected chi connectivity index (χ0v) is 10.3. The van der Waals surface area contributed by atoms with Crippen LogP contribution in [0.4, 0.5) is 10.5 Å². The Kier molecular flexibility index (Phi) is 2.74. The van der Waals surface area contributed by atoms with E-state index in [1.165, 1.54) is 0 Å². The summed E-state index contributed by atoms with van der Waals surface area (Å²) in [5.74, 6) is 0. The number of carboxylic acid groups (broad SMARTS) is 1. The van der Waals surface area contributed by atoms with Gasteiger partial charge in [0, 0.05) is 20.2 Å². The normalized spacial score (nSPS) is 10.5. The van der Waals surface area contributed by atoms with E-state index in [1.807, 2.05) is 0 Å². The minimum Gasteiger partial charge on any atom is -0.465 e. The summed E-state index contributed by atoms with van der Waals surface area (Å²) in [5.41, 5.74) is 1.31. The van der Waals surface area contributed by atoms with Crippen molar-refractivity contribution in [2.24, 2.45) is 0 Å². The van der Waals surface area contributed by atoms with E-state index in [9.17, 15) is 4.79 Å². The molecular weight excluding hydrogens is 330 g/mol. The fourth-order valence-electron chi connectivity index (χ4n) is 1.41. The van der Waals surface area contributed by atoms with Crippen molar-refractivity contribution in [3.05, 3.63) is 26.9 Å². The van der Waals surface area contributed by atoms with Crippen LogP contribution in [0.1, 0.15) is 0 Å². The number of anilines is 1. The highest BCUT2D eigenvalue weighted by Gasteiger charge is 2.10. The van der Waals surface area contributed by atoms with E-state index >= 15 is 0 Å². The predicted octanol–water partition coefficient (Wildman–Crippen LogP) is 3.52. The highest BCUT2D eigenvalue weighted by Crippen LogP contribution is 2.31. The molecule has 1 amide bonds. The molecule has 0 bridgehead atoms. The van der Waals surface area contributed by atoms with Crippen molar-refractivity contribution in [3.8, 4) is 0 Å². The number of halogens is 2. The maximum absolute atomic E-state index is 10.6. The molecule has 2 aromatic rings. The van der Waals surface area contributed by atoms with Crippen LogP contribution in [0.3, 0.4) is 0 Å². The second-order valence-corrected chi connectivity index (χ2v) is 4.54. The molecule has 0 fully saturated rings. The van der Waals surface area contributed by atoms with Crippen molar-refractivity contribution in [1.82, 2.24) is 4.98 Å². The van der Waals surface area contributed by atoms with Gasteiger partial charge in [0.15, 0.2) is 0 Å². The summed E-state index contributed by atoms with van der Waals surface area (Å²) >= 11 is 7.99. The number of nitrogens with one attached hydrogen (secondary N) is 2. The van der Waals surface area contributed by atoms with Crippen LogP contribution in [0.25, 0.3) is 10.9 Å². The molecule has 0 unspecified atom stereocenters. The van der Waals surface area contributed by atoms with Crippen molar-refractivity contribution in [2.75, 3.05) is 5.32 Å². The molecule has 0 radical (unpaired) electrons. The molecule has 0 spiro atoms. The third kappa shape index (κ3) is 2.03. The van der Waals surface area contributed by atoms with Gasteiger partial charge >= 0.3 is 6.09 Å². The first-order valence-electron chi connectivity index (χ1n) is 4.04. The summed E-state index contributed by atoms with van der Waals surface area (Å²) in [6.07, 6.45) is 0.699.